The maximum absolute atomic E-state index is 13.1. The molecule has 0 unspecified atom stereocenters. The lowest BCUT2D eigenvalue weighted by atomic mass is 9.95. The fourth-order valence-corrected chi connectivity index (χ4v) is 3.77. The second-order valence-electron chi connectivity index (χ2n) is 7.63. The minimum Gasteiger partial charge on any atom is -0.506 e. The lowest BCUT2D eigenvalue weighted by Gasteiger charge is -2.32. The van der Waals surface area contributed by atoms with Crippen LogP contribution in [0.3, 0.4) is 0 Å². The van der Waals surface area contributed by atoms with E-state index in [0.29, 0.717) is 30.8 Å². The molecule has 33 heavy (non-hydrogen) atoms. The van der Waals surface area contributed by atoms with E-state index in [1.807, 2.05) is 18.0 Å². The summed E-state index contributed by atoms with van der Waals surface area (Å²) in [4.78, 5) is 44.3. The fraction of sp³-hybridized carbons (Fsp3) is 0.304. The highest BCUT2D eigenvalue weighted by Gasteiger charge is 2.22. The summed E-state index contributed by atoms with van der Waals surface area (Å²) in [5, 5.41) is 17.6. The van der Waals surface area contributed by atoms with Crippen LogP contribution in [0.5, 0.6) is 5.75 Å². The molecule has 3 N–H and O–H groups in total. The summed E-state index contributed by atoms with van der Waals surface area (Å²) in [5.74, 6) is -0.120. The molecule has 2 heterocycles. The Morgan fingerprint density at radius 1 is 1.21 bits per heavy atom. The van der Waals surface area contributed by atoms with Crippen LogP contribution < -0.4 is 5.56 Å². The average Bonchev–Trinajstić information content (AvgIpc) is 2.81. The van der Waals surface area contributed by atoms with Crippen LogP contribution in [0.1, 0.15) is 15.9 Å². The van der Waals surface area contributed by atoms with Gasteiger partial charge in [0.15, 0.2) is 0 Å². The van der Waals surface area contributed by atoms with Crippen LogP contribution in [-0.2, 0) is 16.1 Å². The number of aromatic hydroxyl groups is 1. The molecule has 1 amide bonds. The average molecular weight is 454 g/mol. The topological polar surface area (TPSA) is 136 Å². The predicted molar refractivity (Wildman–Crippen MR) is 122 cm³/mol. The molecule has 3 aromatic rings. The number of amides is 1. The van der Waals surface area contributed by atoms with Crippen molar-refractivity contribution in [2.75, 3.05) is 40.3 Å². The number of nitrogens with one attached hydrogen (secondary N) is 1. The molecule has 1 saturated heterocycles. The summed E-state index contributed by atoms with van der Waals surface area (Å²) in [6, 6.07) is 8.71. The van der Waals surface area contributed by atoms with E-state index >= 15 is 0 Å². The van der Waals surface area contributed by atoms with E-state index in [9.17, 15) is 14.7 Å². The smallest absolute Gasteiger partial charge is 0.290 e. The summed E-state index contributed by atoms with van der Waals surface area (Å²) in [6.45, 7) is 3.13. The number of carboxylic acid groups (broad SMARTS) is 1. The van der Waals surface area contributed by atoms with Crippen molar-refractivity contribution in [1.82, 2.24) is 19.8 Å². The number of carbonyl (C=O) groups is 2. The van der Waals surface area contributed by atoms with Gasteiger partial charge in [0.1, 0.15) is 11.3 Å². The SMILES string of the molecule is COCc1ccc(C(=O)N2CCN(C)CC2)cc1-c1cc(O)c2nc[nH]c(=O)c2c1.O=CO. The molecule has 174 valence electrons. The van der Waals surface area contributed by atoms with Gasteiger partial charge in [0.25, 0.3) is 17.9 Å². The van der Waals surface area contributed by atoms with E-state index in [1.165, 1.54) is 6.33 Å². The monoisotopic (exact) mass is 454 g/mol. The molecule has 0 atom stereocenters. The summed E-state index contributed by atoms with van der Waals surface area (Å²) in [6.07, 6.45) is 1.26. The number of ether oxygens (including phenoxy) is 1. The molecule has 1 aliphatic heterocycles. The molecule has 10 nitrogen and oxygen atoms in total. The molecule has 10 heteroatoms. The zero-order valence-corrected chi connectivity index (χ0v) is 18.4. The molecule has 1 fully saturated rings. The summed E-state index contributed by atoms with van der Waals surface area (Å²) in [5.41, 5.74) is 2.67. The van der Waals surface area contributed by atoms with Crippen molar-refractivity contribution in [2.24, 2.45) is 0 Å². The number of H-pyrrole nitrogens is 1. The molecule has 0 bridgehead atoms. The second-order valence-corrected chi connectivity index (χ2v) is 7.63. The van der Waals surface area contributed by atoms with Gasteiger partial charge in [-0.1, -0.05) is 6.07 Å². The first-order valence-corrected chi connectivity index (χ1v) is 10.3. The molecular weight excluding hydrogens is 428 g/mol. The molecule has 4 rings (SSSR count). The molecule has 1 aliphatic rings. The van der Waals surface area contributed by atoms with E-state index < -0.39 is 0 Å². The number of benzene rings is 2. The summed E-state index contributed by atoms with van der Waals surface area (Å²) in [7, 11) is 3.64. The van der Waals surface area contributed by atoms with Crippen molar-refractivity contribution >= 4 is 23.3 Å². The van der Waals surface area contributed by atoms with Crippen LogP contribution in [0.4, 0.5) is 0 Å². The Morgan fingerprint density at radius 3 is 2.58 bits per heavy atom. The van der Waals surface area contributed by atoms with Gasteiger partial charge in [0, 0.05) is 38.9 Å². The Kier molecular flexibility index (Phi) is 7.75. The quantitative estimate of drug-likeness (QED) is 0.505. The number of aromatic nitrogens is 2. The number of likely N-dealkylation sites (N-methyl/N-ethyl adjacent to an activating group) is 1. The Bertz CT molecular complexity index is 1200. The van der Waals surface area contributed by atoms with Gasteiger partial charge in [0.2, 0.25) is 0 Å². The molecule has 0 spiro atoms. The van der Waals surface area contributed by atoms with Gasteiger partial charge in [-0.05, 0) is 48.0 Å². The number of piperazine rings is 1. The molecule has 2 aromatic carbocycles. The third-order valence-electron chi connectivity index (χ3n) is 5.48. The first kappa shape index (κ1) is 23.9. The van der Waals surface area contributed by atoms with E-state index in [2.05, 4.69) is 14.9 Å². The summed E-state index contributed by atoms with van der Waals surface area (Å²) < 4.78 is 5.32. The number of aromatic amines is 1. The second kappa shape index (κ2) is 10.7. The first-order valence-electron chi connectivity index (χ1n) is 10.3. The standard InChI is InChI=1S/C22H24N4O4.CH2O2/c1-25-5-7-26(8-6-25)22(29)14-3-4-15(12-30-2)17(9-14)16-10-18-20(19(27)11-16)23-13-24-21(18)28;2-1-3/h3-4,9-11,13,27H,5-8,12H2,1-2H3,(H,23,24,28);1H,(H,2,3). The van der Waals surface area contributed by atoms with Crippen LogP contribution in [0.2, 0.25) is 0 Å². The third-order valence-corrected chi connectivity index (χ3v) is 5.48. The van der Waals surface area contributed by atoms with Crippen molar-refractivity contribution in [1.29, 1.82) is 0 Å². The molecular formula is C23H26N4O6. The number of nitrogens with zero attached hydrogens (tertiary/aromatic N) is 3. The normalized spacial score (nSPS) is 13.9. The number of rotatable bonds is 4. The van der Waals surface area contributed by atoms with Crippen LogP contribution in [0.25, 0.3) is 22.0 Å². The molecule has 0 saturated carbocycles. The number of fused-ring (bicyclic) bond motifs is 1. The highest BCUT2D eigenvalue weighted by molar-refractivity contribution is 5.97. The number of hydrogen-bond donors (Lipinski definition) is 3. The largest absolute Gasteiger partial charge is 0.506 e. The number of carbonyl (C=O) groups excluding carboxylic acids is 1. The predicted octanol–water partition coefficient (Wildman–Crippen LogP) is 1.53. The minimum absolute atomic E-state index is 0.0298. The van der Waals surface area contributed by atoms with Crippen molar-refractivity contribution in [2.45, 2.75) is 6.61 Å². The van der Waals surface area contributed by atoms with Crippen LogP contribution in [0, 0.1) is 0 Å². The maximum atomic E-state index is 13.1. The van der Waals surface area contributed by atoms with Crippen LogP contribution >= 0.6 is 0 Å². The number of phenols is 1. The van der Waals surface area contributed by atoms with E-state index in [1.54, 1.807) is 31.4 Å². The zero-order chi connectivity index (χ0) is 24.0. The van der Waals surface area contributed by atoms with Gasteiger partial charge in [0.05, 0.1) is 18.3 Å². The van der Waals surface area contributed by atoms with Crippen LogP contribution in [-0.4, -0.2) is 82.7 Å². The highest BCUT2D eigenvalue weighted by Crippen LogP contribution is 2.32. The van der Waals surface area contributed by atoms with Crippen molar-refractivity contribution in [3.8, 4) is 16.9 Å². The number of hydrogen-bond acceptors (Lipinski definition) is 7. The maximum Gasteiger partial charge on any atom is 0.290 e. The Balaban J connectivity index is 0.000000968. The molecule has 1 aromatic heterocycles. The molecule has 0 aliphatic carbocycles. The van der Waals surface area contributed by atoms with Crippen molar-refractivity contribution in [3.63, 3.8) is 0 Å². The minimum atomic E-state index is -0.338. The van der Waals surface area contributed by atoms with Gasteiger partial charge in [-0.3, -0.25) is 14.4 Å². The Morgan fingerprint density at radius 2 is 1.91 bits per heavy atom. The van der Waals surface area contributed by atoms with Gasteiger partial charge < -0.3 is 29.7 Å². The van der Waals surface area contributed by atoms with Gasteiger partial charge >= 0.3 is 0 Å². The number of methoxy groups -OCH3 is 1. The first-order chi connectivity index (χ1) is 15.9. The van der Waals surface area contributed by atoms with E-state index in [-0.39, 0.29) is 34.6 Å². The van der Waals surface area contributed by atoms with Gasteiger partial charge in [-0.15, -0.1) is 0 Å². The van der Waals surface area contributed by atoms with Gasteiger partial charge in [-0.2, -0.15) is 0 Å². The van der Waals surface area contributed by atoms with Gasteiger partial charge in [-0.25, -0.2) is 4.98 Å². The number of phenolic OH excluding ortho intramolecular Hbond substituents is 1. The highest BCUT2D eigenvalue weighted by atomic mass is 16.5. The van der Waals surface area contributed by atoms with Crippen molar-refractivity contribution < 1.29 is 24.5 Å². The Labute approximate surface area is 190 Å². The summed E-state index contributed by atoms with van der Waals surface area (Å²) >= 11 is 0. The molecule has 0 radical (unpaired) electrons. The third kappa shape index (κ3) is 5.36. The van der Waals surface area contributed by atoms with E-state index in [0.717, 1.165) is 24.2 Å². The lowest BCUT2D eigenvalue weighted by Crippen LogP contribution is -2.47. The zero-order valence-electron chi connectivity index (χ0n) is 18.4. The fourth-order valence-electron chi connectivity index (χ4n) is 3.77. The van der Waals surface area contributed by atoms with Crippen molar-refractivity contribution in [3.05, 3.63) is 58.1 Å². The lowest BCUT2D eigenvalue weighted by molar-refractivity contribution is -0.122. The van der Waals surface area contributed by atoms with Crippen LogP contribution in [0.15, 0.2) is 41.5 Å². The Hall–Kier alpha value is -3.76. The van der Waals surface area contributed by atoms with E-state index in [4.69, 9.17) is 14.6 Å².